The predicted octanol–water partition coefficient (Wildman–Crippen LogP) is 0.808. The second-order valence-corrected chi connectivity index (χ2v) is 9.37. The van der Waals surface area contributed by atoms with Crippen LogP contribution in [0.5, 0.6) is 0 Å². The first-order chi connectivity index (χ1) is 9.55. The van der Waals surface area contributed by atoms with E-state index in [0.29, 0.717) is 20.5 Å². The third-order valence-electron chi connectivity index (χ3n) is 2.78. The maximum Gasteiger partial charge on any atom is 0.308 e. The standard InChI is InChI=1S/C11H14N2O5S3/c1-4-12-9-6-5-8(7-10(9)19-11(12)14)13(20(2,15)16)21(3,17)18/h5-7H,4H2,1-3H3. The third kappa shape index (κ3) is 2.97. The molecule has 1 heterocycles. The van der Waals surface area contributed by atoms with Gasteiger partial charge in [-0.05, 0) is 25.1 Å². The summed E-state index contributed by atoms with van der Waals surface area (Å²) >= 11 is 0.947. The van der Waals surface area contributed by atoms with Gasteiger partial charge in [-0.3, -0.25) is 9.36 Å². The van der Waals surface area contributed by atoms with Gasteiger partial charge in [-0.1, -0.05) is 11.3 Å². The van der Waals surface area contributed by atoms with Crippen molar-refractivity contribution in [1.82, 2.24) is 4.57 Å². The summed E-state index contributed by atoms with van der Waals surface area (Å²) in [6.45, 7) is 2.31. The average Bonchev–Trinajstić information content (AvgIpc) is 2.59. The van der Waals surface area contributed by atoms with Crippen LogP contribution in [0, 0.1) is 0 Å². The number of benzene rings is 1. The Kier molecular flexibility index (Phi) is 3.89. The highest BCUT2D eigenvalue weighted by atomic mass is 32.3. The van der Waals surface area contributed by atoms with E-state index in [9.17, 15) is 21.6 Å². The molecule has 2 rings (SSSR count). The van der Waals surface area contributed by atoms with Crippen molar-refractivity contribution in [1.29, 1.82) is 0 Å². The van der Waals surface area contributed by atoms with E-state index < -0.39 is 20.0 Å². The molecule has 7 nitrogen and oxygen atoms in total. The van der Waals surface area contributed by atoms with Gasteiger partial charge in [0.15, 0.2) is 0 Å². The second-order valence-electron chi connectivity index (χ2n) is 4.49. The first kappa shape index (κ1) is 16.0. The molecule has 0 unspecified atom stereocenters. The molecule has 116 valence electrons. The molecule has 0 bridgehead atoms. The number of fused-ring (bicyclic) bond motifs is 1. The van der Waals surface area contributed by atoms with E-state index in [1.807, 2.05) is 6.92 Å². The highest BCUT2D eigenvalue weighted by molar-refractivity contribution is 8.09. The molecule has 10 heteroatoms. The zero-order valence-corrected chi connectivity index (χ0v) is 14.0. The zero-order valence-electron chi connectivity index (χ0n) is 11.6. The molecule has 0 saturated heterocycles. The molecule has 0 saturated carbocycles. The van der Waals surface area contributed by atoms with Gasteiger partial charge in [0.1, 0.15) is 0 Å². The normalized spacial score (nSPS) is 12.7. The van der Waals surface area contributed by atoms with Crippen LogP contribution in [0.15, 0.2) is 23.0 Å². The largest absolute Gasteiger partial charge is 0.308 e. The lowest BCUT2D eigenvalue weighted by molar-refractivity contribution is 0.591. The number of sulfonamides is 2. The summed E-state index contributed by atoms with van der Waals surface area (Å²) in [6, 6.07) is 4.33. The minimum Gasteiger partial charge on any atom is -0.299 e. The lowest BCUT2D eigenvalue weighted by Gasteiger charge is -2.19. The van der Waals surface area contributed by atoms with Gasteiger partial charge in [0, 0.05) is 6.54 Å². The Labute approximate surface area is 126 Å². The van der Waals surface area contributed by atoms with Gasteiger partial charge in [0.05, 0.1) is 28.4 Å². The van der Waals surface area contributed by atoms with Crippen LogP contribution in [-0.2, 0) is 26.6 Å². The number of anilines is 1. The minimum atomic E-state index is -3.99. The topological polar surface area (TPSA) is 93.5 Å². The van der Waals surface area contributed by atoms with Crippen LogP contribution in [0.2, 0.25) is 0 Å². The number of hydrogen-bond acceptors (Lipinski definition) is 6. The van der Waals surface area contributed by atoms with E-state index in [0.717, 1.165) is 23.8 Å². The fourth-order valence-electron chi connectivity index (χ4n) is 2.10. The van der Waals surface area contributed by atoms with Crippen LogP contribution in [0.3, 0.4) is 0 Å². The molecule has 0 N–H and O–H groups in total. The third-order valence-corrected chi connectivity index (χ3v) is 6.97. The number of nitrogens with zero attached hydrogens (tertiary/aromatic N) is 2. The number of thiazole rings is 1. The molecule has 21 heavy (non-hydrogen) atoms. The van der Waals surface area contributed by atoms with E-state index >= 15 is 0 Å². The molecular weight excluding hydrogens is 336 g/mol. The second kappa shape index (κ2) is 5.11. The highest BCUT2D eigenvalue weighted by Gasteiger charge is 2.27. The molecule has 0 aliphatic carbocycles. The van der Waals surface area contributed by atoms with Crippen LogP contribution >= 0.6 is 11.3 Å². The van der Waals surface area contributed by atoms with E-state index in [4.69, 9.17) is 0 Å². The quantitative estimate of drug-likeness (QED) is 0.813. The van der Waals surface area contributed by atoms with Crippen molar-refractivity contribution in [2.75, 3.05) is 16.2 Å². The monoisotopic (exact) mass is 350 g/mol. The molecular formula is C11H14N2O5S3. The molecule has 0 aliphatic rings. The first-order valence-corrected chi connectivity index (χ1v) is 10.4. The number of hydrogen-bond donors (Lipinski definition) is 0. The van der Waals surface area contributed by atoms with Gasteiger partial charge in [-0.15, -0.1) is 0 Å². The van der Waals surface area contributed by atoms with Gasteiger partial charge in [-0.25, -0.2) is 16.8 Å². The van der Waals surface area contributed by atoms with Crippen LogP contribution in [0.25, 0.3) is 10.2 Å². The van der Waals surface area contributed by atoms with Gasteiger partial charge in [-0.2, -0.15) is 3.71 Å². The van der Waals surface area contributed by atoms with Crippen LogP contribution in [0.1, 0.15) is 6.92 Å². The summed E-state index contributed by atoms with van der Waals surface area (Å²) in [5.74, 6) is 0. The Hall–Kier alpha value is -1.39. The Morgan fingerprint density at radius 2 is 1.71 bits per heavy atom. The first-order valence-electron chi connectivity index (χ1n) is 5.89. The Morgan fingerprint density at radius 3 is 2.19 bits per heavy atom. The molecule has 0 atom stereocenters. The van der Waals surface area contributed by atoms with Crippen molar-refractivity contribution >= 4 is 47.3 Å². The van der Waals surface area contributed by atoms with Crippen molar-refractivity contribution in [2.24, 2.45) is 0 Å². The summed E-state index contributed by atoms with van der Waals surface area (Å²) < 4.78 is 49.3. The van der Waals surface area contributed by atoms with E-state index in [1.165, 1.54) is 16.7 Å². The van der Waals surface area contributed by atoms with E-state index in [-0.39, 0.29) is 10.6 Å². The van der Waals surface area contributed by atoms with E-state index in [2.05, 4.69) is 0 Å². The Morgan fingerprint density at radius 1 is 1.14 bits per heavy atom. The Bertz CT molecular complexity index is 921. The van der Waals surface area contributed by atoms with Gasteiger partial charge >= 0.3 is 4.87 Å². The molecule has 0 fully saturated rings. The highest BCUT2D eigenvalue weighted by Crippen LogP contribution is 2.27. The fraction of sp³-hybridized carbons (Fsp3) is 0.364. The maximum absolute atomic E-state index is 11.8. The summed E-state index contributed by atoms with van der Waals surface area (Å²) in [7, 11) is -7.98. The Balaban J connectivity index is 2.75. The summed E-state index contributed by atoms with van der Waals surface area (Å²) in [4.78, 5) is 11.6. The summed E-state index contributed by atoms with van der Waals surface area (Å²) in [6.07, 6.45) is 1.63. The maximum atomic E-state index is 11.8. The minimum absolute atomic E-state index is 0.00277. The molecule has 2 aromatic rings. The molecule has 1 aromatic carbocycles. The van der Waals surface area contributed by atoms with Gasteiger partial charge in [0.2, 0.25) is 20.0 Å². The number of rotatable bonds is 4. The lowest BCUT2D eigenvalue weighted by Crippen LogP contribution is -2.35. The van der Waals surface area contributed by atoms with Crippen LogP contribution in [0.4, 0.5) is 5.69 Å². The average molecular weight is 350 g/mol. The van der Waals surface area contributed by atoms with Crippen molar-refractivity contribution in [3.05, 3.63) is 27.9 Å². The van der Waals surface area contributed by atoms with E-state index in [1.54, 1.807) is 6.07 Å². The molecule has 1 aromatic heterocycles. The van der Waals surface area contributed by atoms with Crippen molar-refractivity contribution in [2.45, 2.75) is 13.5 Å². The van der Waals surface area contributed by atoms with Crippen molar-refractivity contribution in [3.8, 4) is 0 Å². The zero-order chi connectivity index (χ0) is 16.0. The predicted molar refractivity (Wildman–Crippen MR) is 83.9 cm³/mol. The van der Waals surface area contributed by atoms with Gasteiger partial charge in [0.25, 0.3) is 0 Å². The van der Waals surface area contributed by atoms with Crippen LogP contribution < -0.4 is 8.58 Å². The van der Waals surface area contributed by atoms with Gasteiger partial charge < -0.3 is 0 Å². The SMILES string of the molecule is CCn1c(=O)sc2cc(N(S(C)(=O)=O)S(C)(=O)=O)ccc21. The smallest absolute Gasteiger partial charge is 0.299 e. The lowest BCUT2D eigenvalue weighted by atomic mass is 10.3. The molecule has 0 amide bonds. The molecule has 0 aliphatic heterocycles. The fourth-order valence-corrected chi connectivity index (χ4v) is 6.05. The van der Waals surface area contributed by atoms with Crippen LogP contribution in [-0.4, -0.2) is 33.9 Å². The number of aromatic nitrogens is 1. The summed E-state index contributed by atoms with van der Waals surface area (Å²) in [5.41, 5.74) is 0.648. The molecule has 0 radical (unpaired) electrons. The number of aryl methyl sites for hydroxylation is 1. The summed E-state index contributed by atoms with van der Waals surface area (Å²) in [5, 5.41) is 0. The van der Waals surface area contributed by atoms with Crippen molar-refractivity contribution < 1.29 is 16.8 Å². The molecule has 0 spiro atoms. The van der Waals surface area contributed by atoms with Crippen molar-refractivity contribution in [3.63, 3.8) is 0 Å².